The van der Waals surface area contributed by atoms with E-state index in [4.69, 9.17) is 34.8 Å². The van der Waals surface area contributed by atoms with Gasteiger partial charge in [0, 0.05) is 20.8 Å². The molecule has 156 valence electrons. The summed E-state index contributed by atoms with van der Waals surface area (Å²) >= 11 is 19.8. The number of carbonyl (C=O) groups excluding carboxylic acids is 1. The van der Waals surface area contributed by atoms with Crippen LogP contribution in [0.5, 0.6) is 0 Å². The molecule has 0 N–H and O–H groups in total. The predicted octanol–water partition coefficient (Wildman–Crippen LogP) is 7.63. The molecule has 0 atom stereocenters. The van der Waals surface area contributed by atoms with E-state index in [-0.39, 0.29) is 5.91 Å². The molecule has 4 rings (SSSR count). The monoisotopic (exact) mass is 486 g/mol. The number of amides is 1. The summed E-state index contributed by atoms with van der Waals surface area (Å²) in [5.74, 6) is 0.446. The third kappa shape index (κ3) is 5.16. The zero-order chi connectivity index (χ0) is 22.0. The molecule has 7 heteroatoms. The molecule has 3 aromatic carbocycles. The zero-order valence-corrected chi connectivity index (χ0v) is 19.6. The first-order valence-electron chi connectivity index (χ1n) is 9.44. The van der Waals surface area contributed by atoms with Crippen LogP contribution in [0, 0.1) is 6.92 Å². The Morgan fingerprint density at radius 1 is 0.935 bits per heavy atom. The lowest BCUT2D eigenvalue weighted by Gasteiger charge is -2.18. The van der Waals surface area contributed by atoms with Crippen LogP contribution in [0.25, 0.3) is 6.08 Å². The van der Waals surface area contributed by atoms with Gasteiger partial charge in [0.2, 0.25) is 0 Å². The van der Waals surface area contributed by atoms with E-state index in [0.717, 1.165) is 16.7 Å². The molecule has 0 fully saturated rings. The van der Waals surface area contributed by atoms with E-state index in [1.165, 1.54) is 11.8 Å². The number of nitrogens with zero attached hydrogens (tertiary/aromatic N) is 2. The maximum Gasteiger partial charge on any atom is 0.283 e. The first kappa shape index (κ1) is 22.0. The Balaban J connectivity index is 1.67. The molecule has 0 saturated heterocycles. The van der Waals surface area contributed by atoms with Gasteiger partial charge in [0.25, 0.3) is 5.91 Å². The highest BCUT2D eigenvalue weighted by atomic mass is 35.5. The third-order valence-electron chi connectivity index (χ3n) is 4.70. The number of aryl methyl sites for hydroxylation is 1. The molecule has 3 aromatic rings. The van der Waals surface area contributed by atoms with Crippen molar-refractivity contribution in [1.29, 1.82) is 0 Å². The Hall–Kier alpha value is -2.24. The molecule has 0 unspecified atom stereocenters. The van der Waals surface area contributed by atoms with Crippen LogP contribution in [0.2, 0.25) is 15.1 Å². The van der Waals surface area contributed by atoms with Gasteiger partial charge in [0.05, 0.1) is 5.69 Å². The van der Waals surface area contributed by atoms with Crippen LogP contribution < -0.4 is 4.90 Å². The van der Waals surface area contributed by atoms with Gasteiger partial charge in [-0.15, -0.1) is 0 Å². The van der Waals surface area contributed by atoms with E-state index >= 15 is 0 Å². The van der Waals surface area contributed by atoms with E-state index in [1.54, 1.807) is 29.2 Å². The summed E-state index contributed by atoms with van der Waals surface area (Å²) in [6.45, 7) is 1.92. The molecule has 0 bridgehead atoms. The van der Waals surface area contributed by atoms with E-state index in [2.05, 4.69) is 4.99 Å². The normalized spacial score (nSPS) is 15.0. The highest BCUT2D eigenvalue weighted by Crippen LogP contribution is 2.33. The van der Waals surface area contributed by atoms with E-state index in [9.17, 15) is 4.79 Å². The van der Waals surface area contributed by atoms with Crippen molar-refractivity contribution in [2.24, 2.45) is 4.99 Å². The van der Waals surface area contributed by atoms with Crippen LogP contribution in [0.15, 0.2) is 77.4 Å². The van der Waals surface area contributed by atoms with Gasteiger partial charge < -0.3 is 0 Å². The Kier molecular flexibility index (Phi) is 6.73. The standard InChI is InChI=1S/C24H17Cl3N2OS/c1-15-2-11-20(13-21(15)27)29-23(30)22(12-16-3-7-18(25)8-4-16)28-24(29)31-14-17-5-9-19(26)10-6-17/h2-13H,14H2,1H3/b22-12+. The number of rotatable bonds is 4. The second-order valence-corrected chi connectivity index (χ2v) is 9.19. The van der Waals surface area contributed by atoms with E-state index < -0.39 is 0 Å². The lowest BCUT2D eigenvalue weighted by Crippen LogP contribution is -2.30. The van der Waals surface area contributed by atoms with Crippen molar-refractivity contribution in [1.82, 2.24) is 0 Å². The van der Waals surface area contributed by atoms with Gasteiger partial charge in [0.1, 0.15) is 5.70 Å². The molecule has 0 aromatic heterocycles. The van der Waals surface area contributed by atoms with Crippen molar-refractivity contribution in [2.75, 3.05) is 4.90 Å². The average Bonchev–Trinajstić information content (AvgIpc) is 3.06. The highest BCUT2D eigenvalue weighted by Gasteiger charge is 2.32. The second kappa shape index (κ2) is 9.49. The number of hydrogen-bond acceptors (Lipinski definition) is 3. The number of thioether (sulfide) groups is 1. The van der Waals surface area contributed by atoms with Crippen molar-refractivity contribution in [3.63, 3.8) is 0 Å². The van der Waals surface area contributed by atoms with Gasteiger partial charge in [0.15, 0.2) is 5.17 Å². The third-order valence-corrected chi connectivity index (χ3v) is 6.62. The highest BCUT2D eigenvalue weighted by molar-refractivity contribution is 8.13. The van der Waals surface area contributed by atoms with Crippen LogP contribution in [0.3, 0.4) is 0 Å². The molecule has 0 radical (unpaired) electrons. The topological polar surface area (TPSA) is 32.7 Å². The van der Waals surface area contributed by atoms with Gasteiger partial charge in [-0.05, 0) is 66.1 Å². The van der Waals surface area contributed by atoms with Crippen LogP contribution in [-0.4, -0.2) is 11.1 Å². The van der Waals surface area contributed by atoms with Gasteiger partial charge in [-0.1, -0.05) is 76.9 Å². The second-order valence-electron chi connectivity index (χ2n) is 6.96. The summed E-state index contributed by atoms with van der Waals surface area (Å²) in [5.41, 5.74) is 3.92. The first-order valence-corrected chi connectivity index (χ1v) is 11.6. The van der Waals surface area contributed by atoms with Crippen molar-refractivity contribution in [2.45, 2.75) is 12.7 Å². The molecule has 1 amide bonds. The number of aliphatic imine (C=N–C) groups is 1. The summed E-state index contributed by atoms with van der Waals surface area (Å²) in [4.78, 5) is 19.5. The smallest absolute Gasteiger partial charge is 0.266 e. The molecule has 1 aliphatic heterocycles. The lowest BCUT2D eigenvalue weighted by molar-refractivity contribution is -0.113. The maximum atomic E-state index is 13.3. The Bertz CT molecular complexity index is 1190. The SMILES string of the molecule is Cc1ccc(N2C(=O)/C(=C\c3ccc(Cl)cc3)N=C2SCc2ccc(Cl)cc2)cc1Cl. The van der Waals surface area contributed by atoms with Gasteiger partial charge in [-0.2, -0.15) is 0 Å². The quantitative estimate of drug-likeness (QED) is 0.354. The van der Waals surface area contributed by atoms with Crippen molar-refractivity contribution >= 4 is 69.4 Å². The molecule has 3 nitrogen and oxygen atoms in total. The Morgan fingerprint density at radius 3 is 2.23 bits per heavy atom. The maximum absolute atomic E-state index is 13.3. The molecular formula is C24H17Cl3N2OS. The molecule has 1 aliphatic rings. The fraction of sp³-hybridized carbons (Fsp3) is 0.0833. The number of benzene rings is 3. The van der Waals surface area contributed by atoms with Gasteiger partial charge >= 0.3 is 0 Å². The van der Waals surface area contributed by atoms with Crippen molar-refractivity contribution in [3.05, 3.63) is 104 Å². The molecule has 0 saturated carbocycles. The van der Waals surface area contributed by atoms with Crippen molar-refractivity contribution in [3.8, 4) is 0 Å². The van der Waals surface area contributed by atoms with Crippen LogP contribution in [-0.2, 0) is 10.5 Å². The number of carbonyl (C=O) groups is 1. The number of hydrogen-bond donors (Lipinski definition) is 0. The summed E-state index contributed by atoms with van der Waals surface area (Å²) in [6, 6.07) is 20.5. The average molecular weight is 488 g/mol. The molecular weight excluding hydrogens is 471 g/mol. The van der Waals surface area contributed by atoms with Crippen LogP contribution in [0.1, 0.15) is 16.7 Å². The first-order chi connectivity index (χ1) is 14.9. The minimum atomic E-state index is -0.200. The van der Waals surface area contributed by atoms with Crippen molar-refractivity contribution < 1.29 is 4.79 Å². The van der Waals surface area contributed by atoms with E-state index in [0.29, 0.717) is 37.4 Å². The van der Waals surface area contributed by atoms with Gasteiger partial charge in [-0.3, -0.25) is 9.69 Å². The fourth-order valence-electron chi connectivity index (χ4n) is 2.99. The predicted molar refractivity (Wildman–Crippen MR) is 133 cm³/mol. The fourth-order valence-corrected chi connectivity index (χ4v) is 4.38. The Labute approximate surface area is 200 Å². The summed E-state index contributed by atoms with van der Waals surface area (Å²) in [5, 5.41) is 2.52. The number of amidine groups is 1. The number of halogens is 3. The lowest BCUT2D eigenvalue weighted by atomic mass is 10.2. The minimum absolute atomic E-state index is 0.200. The minimum Gasteiger partial charge on any atom is -0.266 e. The van der Waals surface area contributed by atoms with Crippen LogP contribution >= 0.6 is 46.6 Å². The zero-order valence-electron chi connectivity index (χ0n) is 16.5. The summed E-state index contributed by atoms with van der Waals surface area (Å²) in [7, 11) is 0. The molecule has 1 heterocycles. The number of anilines is 1. The van der Waals surface area contributed by atoms with Gasteiger partial charge in [-0.25, -0.2) is 4.99 Å². The summed E-state index contributed by atoms with van der Waals surface area (Å²) in [6.07, 6.45) is 1.76. The molecule has 0 aliphatic carbocycles. The van der Waals surface area contributed by atoms with E-state index in [1.807, 2.05) is 55.5 Å². The Morgan fingerprint density at radius 2 is 1.58 bits per heavy atom. The largest absolute Gasteiger partial charge is 0.283 e. The molecule has 31 heavy (non-hydrogen) atoms. The summed E-state index contributed by atoms with van der Waals surface area (Å²) < 4.78 is 0. The molecule has 0 spiro atoms. The van der Waals surface area contributed by atoms with Crippen LogP contribution in [0.4, 0.5) is 5.69 Å².